The molecule has 1 atom stereocenters. The molecule has 1 aromatic carbocycles. The number of carbonyl (C=O) groups is 1. The Kier molecular flexibility index (Phi) is 4.42. The Morgan fingerprint density at radius 3 is 2.58 bits per heavy atom. The molecule has 6 nitrogen and oxygen atoms in total. The molecule has 7 heteroatoms. The van der Waals surface area contributed by atoms with Gasteiger partial charge >= 0.3 is 5.97 Å². The van der Waals surface area contributed by atoms with E-state index in [2.05, 4.69) is 19.7 Å². The maximum Gasteiger partial charge on any atom is 0.319 e. The topological polar surface area (TPSA) is 60.2 Å². The average molecular weight is 344 g/mol. The van der Waals surface area contributed by atoms with E-state index in [1.165, 1.54) is 31.0 Å². The first-order valence-corrected chi connectivity index (χ1v) is 9.30. The lowest BCUT2D eigenvalue weighted by atomic mass is 10.1. The number of hydrogen-bond acceptors (Lipinski definition) is 6. The van der Waals surface area contributed by atoms with Crippen molar-refractivity contribution in [2.75, 3.05) is 24.6 Å². The predicted octanol–water partition coefficient (Wildman–Crippen LogP) is 2.67. The molecule has 2 aliphatic heterocycles. The van der Waals surface area contributed by atoms with Crippen LogP contribution >= 0.6 is 11.8 Å². The fourth-order valence-electron chi connectivity index (χ4n) is 3.15. The van der Waals surface area contributed by atoms with E-state index in [0.717, 1.165) is 36.3 Å². The van der Waals surface area contributed by atoms with Crippen LogP contribution in [0.3, 0.4) is 0 Å². The first kappa shape index (κ1) is 15.5. The summed E-state index contributed by atoms with van der Waals surface area (Å²) in [6, 6.07) is 10.1. The number of thioether (sulfide) groups is 1. The fourth-order valence-corrected chi connectivity index (χ4v) is 4.17. The van der Waals surface area contributed by atoms with Crippen molar-refractivity contribution in [3.8, 4) is 5.69 Å². The van der Waals surface area contributed by atoms with Crippen molar-refractivity contribution < 1.29 is 9.53 Å². The predicted molar refractivity (Wildman–Crippen MR) is 92.6 cm³/mol. The summed E-state index contributed by atoms with van der Waals surface area (Å²) in [6.45, 7) is 2.50. The summed E-state index contributed by atoms with van der Waals surface area (Å²) >= 11 is 1.45. The average Bonchev–Trinajstić information content (AvgIpc) is 3.23. The second-order valence-electron chi connectivity index (χ2n) is 6.06. The SMILES string of the molecule is O=C1OCCC1Sc1nnc(N2CCCCC2)n1-c1ccccc1. The van der Waals surface area contributed by atoms with E-state index >= 15 is 0 Å². The number of piperidine rings is 1. The third kappa shape index (κ3) is 3.00. The molecule has 0 saturated carbocycles. The van der Waals surface area contributed by atoms with Crippen molar-refractivity contribution in [3.05, 3.63) is 30.3 Å². The molecule has 2 saturated heterocycles. The van der Waals surface area contributed by atoms with Crippen molar-refractivity contribution in [3.63, 3.8) is 0 Å². The molecule has 1 unspecified atom stereocenters. The number of aromatic nitrogens is 3. The van der Waals surface area contributed by atoms with Crippen LogP contribution in [0.1, 0.15) is 25.7 Å². The molecule has 1 aromatic heterocycles. The Morgan fingerprint density at radius 2 is 1.88 bits per heavy atom. The molecule has 0 N–H and O–H groups in total. The van der Waals surface area contributed by atoms with Crippen molar-refractivity contribution >= 4 is 23.7 Å². The van der Waals surface area contributed by atoms with Gasteiger partial charge in [0.1, 0.15) is 5.25 Å². The number of benzene rings is 1. The minimum Gasteiger partial charge on any atom is -0.465 e. The van der Waals surface area contributed by atoms with Crippen LogP contribution in [-0.4, -0.2) is 45.7 Å². The first-order valence-electron chi connectivity index (χ1n) is 8.42. The second kappa shape index (κ2) is 6.84. The largest absolute Gasteiger partial charge is 0.465 e. The lowest BCUT2D eigenvalue weighted by molar-refractivity contribution is -0.137. The summed E-state index contributed by atoms with van der Waals surface area (Å²) in [5.74, 6) is 0.719. The zero-order valence-electron chi connectivity index (χ0n) is 13.4. The number of carbonyl (C=O) groups excluding carboxylic acids is 1. The molecular formula is C17H20N4O2S. The van der Waals surface area contributed by atoms with Crippen molar-refractivity contribution in [1.29, 1.82) is 0 Å². The van der Waals surface area contributed by atoms with Crippen molar-refractivity contribution in [2.24, 2.45) is 0 Å². The van der Waals surface area contributed by atoms with Gasteiger partial charge in [-0.1, -0.05) is 30.0 Å². The van der Waals surface area contributed by atoms with E-state index in [4.69, 9.17) is 4.74 Å². The van der Waals surface area contributed by atoms with Gasteiger partial charge in [-0.25, -0.2) is 0 Å². The Bertz CT molecular complexity index is 713. The third-order valence-electron chi connectivity index (χ3n) is 4.40. The van der Waals surface area contributed by atoms with E-state index in [-0.39, 0.29) is 11.2 Å². The fraction of sp³-hybridized carbons (Fsp3) is 0.471. The Hall–Kier alpha value is -2.02. The van der Waals surface area contributed by atoms with Crippen LogP contribution in [0, 0.1) is 0 Å². The number of rotatable bonds is 4. The smallest absolute Gasteiger partial charge is 0.319 e. The number of anilines is 1. The molecule has 2 fully saturated rings. The second-order valence-corrected chi connectivity index (χ2v) is 7.23. The molecule has 0 spiro atoms. The Morgan fingerprint density at radius 1 is 1.08 bits per heavy atom. The van der Waals surface area contributed by atoms with E-state index in [1.54, 1.807) is 0 Å². The minimum absolute atomic E-state index is 0.151. The zero-order chi connectivity index (χ0) is 16.4. The van der Waals surface area contributed by atoms with Crippen molar-refractivity contribution in [2.45, 2.75) is 36.1 Å². The monoisotopic (exact) mass is 344 g/mol. The Labute approximate surface area is 145 Å². The van der Waals surface area contributed by atoms with E-state index in [9.17, 15) is 4.79 Å². The van der Waals surface area contributed by atoms with Gasteiger partial charge in [0.15, 0.2) is 5.16 Å². The van der Waals surface area contributed by atoms with Gasteiger partial charge in [0.2, 0.25) is 5.95 Å². The lowest BCUT2D eigenvalue weighted by Crippen LogP contribution is -2.31. The van der Waals surface area contributed by atoms with Gasteiger partial charge in [0, 0.05) is 19.5 Å². The first-order chi connectivity index (χ1) is 11.8. The molecule has 2 aromatic rings. The lowest BCUT2D eigenvalue weighted by Gasteiger charge is -2.27. The van der Waals surface area contributed by atoms with Gasteiger partial charge in [0.25, 0.3) is 0 Å². The molecule has 2 aliphatic rings. The number of cyclic esters (lactones) is 1. The van der Waals surface area contributed by atoms with Crippen LogP contribution in [0.5, 0.6) is 0 Å². The molecule has 0 aliphatic carbocycles. The standard InChI is InChI=1S/C17H20N4O2S/c22-15-14(9-12-23-15)24-17-19-18-16(20-10-5-2-6-11-20)21(17)13-7-3-1-4-8-13/h1,3-4,7-8,14H,2,5-6,9-12H2. The molecular weight excluding hydrogens is 324 g/mol. The molecule has 0 amide bonds. The van der Waals surface area contributed by atoms with Crippen LogP contribution < -0.4 is 4.90 Å². The maximum absolute atomic E-state index is 11.8. The molecule has 126 valence electrons. The van der Waals surface area contributed by atoms with Crippen LogP contribution in [0.15, 0.2) is 35.5 Å². The number of nitrogens with zero attached hydrogens (tertiary/aromatic N) is 4. The highest BCUT2D eigenvalue weighted by molar-refractivity contribution is 8.00. The summed E-state index contributed by atoms with van der Waals surface area (Å²) < 4.78 is 7.15. The van der Waals surface area contributed by atoms with Gasteiger partial charge in [-0.2, -0.15) is 0 Å². The maximum atomic E-state index is 11.8. The number of esters is 1. The summed E-state index contributed by atoms with van der Waals surface area (Å²) in [5.41, 5.74) is 1.02. The normalized spacial score (nSPS) is 21.1. The Balaban J connectivity index is 1.70. The van der Waals surface area contributed by atoms with Gasteiger partial charge in [-0.05, 0) is 31.4 Å². The summed E-state index contributed by atoms with van der Waals surface area (Å²) in [4.78, 5) is 14.1. The summed E-state index contributed by atoms with van der Waals surface area (Å²) in [7, 11) is 0. The van der Waals surface area contributed by atoms with Crippen LogP contribution in [0.4, 0.5) is 5.95 Å². The number of para-hydroxylation sites is 1. The van der Waals surface area contributed by atoms with E-state index in [1.807, 2.05) is 30.3 Å². The number of hydrogen-bond donors (Lipinski definition) is 0. The molecule has 24 heavy (non-hydrogen) atoms. The van der Waals surface area contributed by atoms with Gasteiger partial charge in [-0.15, -0.1) is 10.2 Å². The zero-order valence-corrected chi connectivity index (χ0v) is 14.2. The molecule has 0 radical (unpaired) electrons. The van der Waals surface area contributed by atoms with Gasteiger partial charge < -0.3 is 9.64 Å². The van der Waals surface area contributed by atoms with Crippen LogP contribution in [0.25, 0.3) is 5.69 Å². The summed E-state index contributed by atoms with van der Waals surface area (Å²) in [6.07, 6.45) is 4.36. The molecule has 0 bridgehead atoms. The molecule has 4 rings (SSSR count). The van der Waals surface area contributed by atoms with E-state index < -0.39 is 0 Å². The summed E-state index contributed by atoms with van der Waals surface area (Å²) in [5, 5.41) is 9.41. The van der Waals surface area contributed by atoms with Gasteiger partial charge in [0.05, 0.1) is 12.3 Å². The van der Waals surface area contributed by atoms with Crippen LogP contribution in [0.2, 0.25) is 0 Å². The van der Waals surface area contributed by atoms with E-state index in [0.29, 0.717) is 6.61 Å². The number of ether oxygens (including phenoxy) is 1. The molecule has 3 heterocycles. The van der Waals surface area contributed by atoms with Crippen LogP contribution in [-0.2, 0) is 9.53 Å². The highest BCUT2D eigenvalue weighted by Crippen LogP contribution is 2.33. The minimum atomic E-state index is -0.189. The quantitative estimate of drug-likeness (QED) is 0.795. The van der Waals surface area contributed by atoms with Crippen molar-refractivity contribution in [1.82, 2.24) is 14.8 Å². The van der Waals surface area contributed by atoms with Gasteiger partial charge in [-0.3, -0.25) is 9.36 Å². The third-order valence-corrected chi connectivity index (χ3v) is 5.59. The highest BCUT2D eigenvalue weighted by Gasteiger charge is 2.31. The highest BCUT2D eigenvalue weighted by atomic mass is 32.2.